The van der Waals surface area contributed by atoms with Crippen LogP contribution in [0.1, 0.15) is 27.0 Å². The first-order chi connectivity index (χ1) is 20.1. The van der Waals surface area contributed by atoms with Crippen molar-refractivity contribution in [2.45, 2.75) is 63.2 Å². The molecule has 0 radical (unpaired) electrons. The molecule has 236 valence electrons. The molecule has 0 bridgehead atoms. The Morgan fingerprint density at radius 3 is 2.53 bits per heavy atom. The van der Waals surface area contributed by atoms with Crippen molar-refractivity contribution in [1.82, 2.24) is 24.6 Å². The van der Waals surface area contributed by atoms with Crippen molar-refractivity contribution in [3.05, 3.63) is 36.7 Å². The molecule has 5 N–H and O–H groups in total. The standard InChI is InChI=1S/C24H30F4N7O7P/c1-12(2)40-20(37)13(3)34-43(38,42-14-8-6-5-7-9-14)39-10-15-17(36)23(25,24(26,27)28)21(41-15)35-11-31-16-18(30-4)32-22(29)33-19(16)35/h5-9,11-13,15,17,21,36H,10H2,1-4H3,(H,34,38)(H3,29,30,32,33)/t13-,15+,17+,21+,23+,43?/m0/s1. The maximum atomic E-state index is 16.0. The minimum Gasteiger partial charge on any atom is -0.462 e. The molecule has 1 aliphatic heterocycles. The quantitative estimate of drug-likeness (QED) is 0.137. The van der Waals surface area contributed by atoms with Gasteiger partial charge < -0.3 is 30.2 Å². The number of nitrogen functional groups attached to an aromatic ring is 1. The van der Waals surface area contributed by atoms with E-state index in [1.54, 1.807) is 19.9 Å². The number of aliphatic hydroxyl groups is 1. The van der Waals surface area contributed by atoms with Crippen LogP contribution in [-0.4, -0.2) is 80.4 Å². The van der Waals surface area contributed by atoms with Gasteiger partial charge in [-0.15, -0.1) is 0 Å². The second kappa shape index (κ2) is 12.2. The highest BCUT2D eigenvalue weighted by Gasteiger charge is 2.73. The lowest BCUT2D eigenvalue weighted by Gasteiger charge is -2.31. The van der Waals surface area contributed by atoms with E-state index in [9.17, 15) is 27.6 Å². The molecule has 4 rings (SSSR count). The van der Waals surface area contributed by atoms with Crippen LogP contribution >= 0.6 is 7.75 Å². The van der Waals surface area contributed by atoms with Crippen LogP contribution < -0.4 is 20.7 Å². The highest BCUT2D eigenvalue weighted by Crippen LogP contribution is 2.53. The predicted octanol–water partition coefficient (Wildman–Crippen LogP) is 3.11. The van der Waals surface area contributed by atoms with Crippen LogP contribution in [0.25, 0.3) is 11.2 Å². The number of esters is 1. The first kappa shape index (κ1) is 32.3. The molecule has 3 aromatic rings. The van der Waals surface area contributed by atoms with Gasteiger partial charge in [0, 0.05) is 7.05 Å². The van der Waals surface area contributed by atoms with Gasteiger partial charge in [0.15, 0.2) is 23.2 Å². The zero-order chi connectivity index (χ0) is 31.7. The van der Waals surface area contributed by atoms with E-state index in [1.807, 2.05) is 0 Å². The summed E-state index contributed by atoms with van der Waals surface area (Å²) in [5.41, 5.74) is 0.881. The van der Waals surface area contributed by atoms with Gasteiger partial charge >= 0.3 is 19.9 Å². The first-order valence-electron chi connectivity index (χ1n) is 12.8. The second-order valence-electron chi connectivity index (χ2n) is 9.78. The van der Waals surface area contributed by atoms with E-state index in [1.165, 1.54) is 38.2 Å². The summed E-state index contributed by atoms with van der Waals surface area (Å²) < 4.78 is 94.4. The number of anilines is 2. The molecule has 0 saturated carbocycles. The van der Waals surface area contributed by atoms with E-state index < -0.39 is 62.7 Å². The fourth-order valence-electron chi connectivity index (χ4n) is 4.25. The van der Waals surface area contributed by atoms with Gasteiger partial charge in [0.25, 0.3) is 5.67 Å². The molecule has 1 unspecified atom stereocenters. The van der Waals surface area contributed by atoms with E-state index in [4.69, 9.17) is 24.3 Å². The number of halogens is 4. The monoisotopic (exact) mass is 635 g/mol. The largest absolute Gasteiger partial charge is 0.462 e. The maximum Gasteiger partial charge on any atom is 0.459 e. The van der Waals surface area contributed by atoms with Gasteiger partial charge in [-0.25, -0.2) is 13.9 Å². The SMILES string of the molecule is CNc1nc(N)nc2c1ncn2[C@@H]1O[C@H](COP(=O)(N[C@@H](C)C(=O)OC(C)C)Oc2ccccc2)[C@@H](O)[C@]1(F)C(F)(F)F. The number of alkyl halides is 4. The van der Waals surface area contributed by atoms with Crippen LogP contribution in [0.4, 0.5) is 29.3 Å². The van der Waals surface area contributed by atoms with E-state index in [0.29, 0.717) is 4.57 Å². The van der Waals surface area contributed by atoms with Crippen LogP contribution in [0, 0.1) is 0 Å². The number of fused-ring (bicyclic) bond motifs is 1. The Morgan fingerprint density at radius 1 is 1.26 bits per heavy atom. The number of hydrogen-bond donors (Lipinski definition) is 4. The molecule has 3 heterocycles. The van der Waals surface area contributed by atoms with E-state index in [-0.39, 0.29) is 28.7 Å². The molecule has 19 heteroatoms. The van der Waals surface area contributed by atoms with Crippen LogP contribution in [-0.2, 0) is 23.4 Å². The van der Waals surface area contributed by atoms with E-state index >= 15 is 4.39 Å². The van der Waals surface area contributed by atoms with Gasteiger partial charge in [0.05, 0.1) is 19.0 Å². The molecule has 1 fully saturated rings. The molecule has 2 aromatic heterocycles. The normalized spacial score (nSPS) is 24.6. The number of aliphatic hydroxyl groups excluding tert-OH is 1. The summed E-state index contributed by atoms with van der Waals surface area (Å²) in [6.45, 7) is 3.39. The average molecular weight is 636 g/mol. The van der Waals surface area contributed by atoms with Gasteiger partial charge in [-0.05, 0) is 32.9 Å². The van der Waals surface area contributed by atoms with E-state index in [0.717, 1.165) is 6.33 Å². The minimum atomic E-state index is -5.68. The Kier molecular flexibility index (Phi) is 9.18. The highest BCUT2D eigenvalue weighted by molar-refractivity contribution is 7.52. The molecule has 1 aromatic carbocycles. The lowest BCUT2D eigenvalue weighted by atomic mass is 9.95. The van der Waals surface area contributed by atoms with Crippen molar-refractivity contribution in [3.8, 4) is 5.75 Å². The zero-order valence-corrected chi connectivity index (χ0v) is 24.2. The van der Waals surface area contributed by atoms with Gasteiger partial charge in [-0.1, -0.05) is 18.2 Å². The topological polar surface area (TPSA) is 185 Å². The molecule has 43 heavy (non-hydrogen) atoms. The molecular weight excluding hydrogens is 605 g/mol. The Hall–Kier alpha value is -3.57. The molecule has 1 aliphatic rings. The number of rotatable bonds is 11. The summed E-state index contributed by atoms with van der Waals surface area (Å²) in [7, 11) is -3.15. The van der Waals surface area contributed by atoms with Gasteiger partial charge in [-0.2, -0.15) is 28.2 Å². The molecule has 14 nitrogen and oxygen atoms in total. The summed E-state index contributed by atoms with van der Waals surface area (Å²) in [5, 5.41) is 15.7. The van der Waals surface area contributed by atoms with Crippen molar-refractivity contribution < 1.29 is 50.5 Å². The zero-order valence-electron chi connectivity index (χ0n) is 23.3. The number of nitrogens with zero attached hydrogens (tertiary/aromatic N) is 4. The van der Waals surface area contributed by atoms with Gasteiger partial charge in [-0.3, -0.25) is 13.9 Å². The lowest BCUT2D eigenvalue weighted by molar-refractivity contribution is -0.273. The predicted molar refractivity (Wildman–Crippen MR) is 144 cm³/mol. The number of hydrogen-bond acceptors (Lipinski definition) is 12. The summed E-state index contributed by atoms with van der Waals surface area (Å²) in [6.07, 6.45) is -12.9. The smallest absolute Gasteiger partial charge is 0.459 e. The molecule has 1 saturated heterocycles. The van der Waals surface area contributed by atoms with Gasteiger partial charge in [0.2, 0.25) is 5.95 Å². The molecule has 0 aliphatic carbocycles. The highest BCUT2D eigenvalue weighted by atomic mass is 31.2. The minimum absolute atomic E-state index is 0.00570. The molecule has 6 atom stereocenters. The van der Waals surface area contributed by atoms with Gasteiger partial charge in [0.1, 0.15) is 24.0 Å². The number of nitrogens with two attached hydrogens (primary N) is 1. The van der Waals surface area contributed by atoms with Crippen molar-refractivity contribution in [2.24, 2.45) is 0 Å². The fraction of sp³-hybridized carbons (Fsp3) is 0.500. The number of aromatic nitrogens is 4. The number of nitrogens with one attached hydrogen (secondary N) is 2. The third-order valence-corrected chi connectivity index (χ3v) is 7.89. The number of benzene rings is 1. The maximum absolute atomic E-state index is 16.0. The second-order valence-corrected chi connectivity index (χ2v) is 11.5. The lowest BCUT2D eigenvalue weighted by Crippen LogP contribution is -2.54. The number of carbonyl (C=O) groups is 1. The Morgan fingerprint density at radius 2 is 1.93 bits per heavy atom. The van der Waals surface area contributed by atoms with E-state index in [2.05, 4.69) is 25.4 Å². The summed E-state index contributed by atoms with van der Waals surface area (Å²) in [4.78, 5) is 24.1. The van der Waals surface area contributed by atoms with Crippen molar-refractivity contribution in [3.63, 3.8) is 0 Å². The van der Waals surface area contributed by atoms with Crippen LogP contribution in [0.2, 0.25) is 0 Å². The molecular formula is C24H30F4N7O7P. The first-order valence-corrected chi connectivity index (χ1v) is 14.4. The fourth-order valence-corrected chi connectivity index (χ4v) is 5.75. The molecule has 0 spiro atoms. The van der Waals surface area contributed by atoms with Crippen LogP contribution in [0.3, 0.4) is 0 Å². The number of imidazole rings is 1. The Labute approximate surface area is 242 Å². The third kappa shape index (κ3) is 6.52. The average Bonchev–Trinajstić information content (AvgIpc) is 3.45. The van der Waals surface area contributed by atoms with Crippen LogP contribution in [0.15, 0.2) is 36.7 Å². The Balaban J connectivity index is 1.65. The summed E-state index contributed by atoms with van der Waals surface area (Å²) in [5.74, 6) is -1.14. The number of carbonyl (C=O) groups excluding carboxylic acids is 1. The summed E-state index contributed by atoms with van der Waals surface area (Å²) >= 11 is 0. The molecule has 0 amide bonds. The van der Waals surface area contributed by atoms with Crippen molar-refractivity contribution >= 4 is 36.6 Å². The number of para-hydroxylation sites is 1. The third-order valence-electron chi connectivity index (χ3n) is 6.24. The number of ether oxygens (including phenoxy) is 2. The Bertz CT molecular complexity index is 1500. The summed E-state index contributed by atoms with van der Waals surface area (Å²) in [6, 6.07) is 6.23. The van der Waals surface area contributed by atoms with Crippen LogP contribution in [0.5, 0.6) is 5.75 Å². The van der Waals surface area contributed by atoms with Crippen molar-refractivity contribution in [1.29, 1.82) is 0 Å². The van der Waals surface area contributed by atoms with Crippen molar-refractivity contribution in [2.75, 3.05) is 24.7 Å².